The Morgan fingerprint density at radius 2 is 2.10 bits per heavy atom. The van der Waals surface area contributed by atoms with E-state index >= 15 is 0 Å². The molecule has 1 N–H and O–H groups in total. The number of amides is 3. The van der Waals surface area contributed by atoms with Crippen molar-refractivity contribution in [2.75, 3.05) is 13.7 Å². The Hall–Kier alpha value is -3.67. The third-order valence-electron chi connectivity index (χ3n) is 4.17. The van der Waals surface area contributed by atoms with Gasteiger partial charge in [0, 0.05) is 6.07 Å². The van der Waals surface area contributed by atoms with Crippen molar-refractivity contribution in [3.8, 4) is 5.75 Å². The molecule has 31 heavy (non-hydrogen) atoms. The van der Waals surface area contributed by atoms with E-state index in [9.17, 15) is 24.5 Å². The van der Waals surface area contributed by atoms with Gasteiger partial charge in [0.1, 0.15) is 11.5 Å². The van der Waals surface area contributed by atoms with Crippen LogP contribution in [-0.4, -0.2) is 41.4 Å². The Morgan fingerprint density at radius 3 is 2.74 bits per heavy atom. The number of urea groups is 1. The number of hydrogen-bond donors (Lipinski definition) is 1. The van der Waals surface area contributed by atoms with Crippen LogP contribution in [0.15, 0.2) is 38.9 Å². The van der Waals surface area contributed by atoms with Crippen LogP contribution in [0.25, 0.3) is 6.08 Å². The Labute approximate surface area is 183 Å². The molecule has 0 radical (unpaired) electrons. The molecule has 1 saturated heterocycles. The average Bonchev–Trinajstić information content (AvgIpc) is 3.29. The minimum Gasteiger partial charge on any atom is -0.486 e. The molecule has 2 heterocycles. The van der Waals surface area contributed by atoms with Crippen LogP contribution in [-0.2, 0) is 16.1 Å². The maximum atomic E-state index is 12.7. The summed E-state index contributed by atoms with van der Waals surface area (Å²) in [5.74, 6) is -1.14. The van der Waals surface area contributed by atoms with Gasteiger partial charge in [0.25, 0.3) is 5.91 Å². The van der Waals surface area contributed by atoms with Gasteiger partial charge in [0.15, 0.2) is 0 Å². The highest BCUT2D eigenvalue weighted by molar-refractivity contribution is 9.10. The number of rotatable bonds is 7. The van der Waals surface area contributed by atoms with Gasteiger partial charge in [-0.1, -0.05) is 0 Å². The third kappa shape index (κ3) is 4.58. The summed E-state index contributed by atoms with van der Waals surface area (Å²) in [4.78, 5) is 48.0. The molecule has 0 aliphatic carbocycles. The lowest BCUT2D eigenvalue weighted by atomic mass is 10.1. The summed E-state index contributed by atoms with van der Waals surface area (Å²) in [6.45, 7) is 1.71. The molecule has 1 aromatic carbocycles. The van der Waals surface area contributed by atoms with Crippen molar-refractivity contribution in [3.05, 3.63) is 61.6 Å². The molecular formula is C19H16BrN3O8. The molecule has 1 aromatic heterocycles. The van der Waals surface area contributed by atoms with Crippen molar-refractivity contribution in [2.45, 2.75) is 13.5 Å². The second-order valence-electron chi connectivity index (χ2n) is 6.18. The molecule has 3 rings (SSSR count). The lowest BCUT2D eigenvalue weighted by Gasteiger charge is -2.09. The van der Waals surface area contributed by atoms with Crippen LogP contribution in [0.3, 0.4) is 0 Å². The van der Waals surface area contributed by atoms with Crippen molar-refractivity contribution >= 4 is 45.6 Å². The van der Waals surface area contributed by atoms with Gasteiger partial charge in [-0.25, -0.2) is 9.59 Å². The molecule has 2 aromatic rings. The summed E-state index contributed by atoms with van der Waals surface area (Å²) in [6.07, 6.45) is 1.32. The first-order valence-electron chi connectivity index (χ1n) is 8.87. The van der Waals surface area contributed by atoms with Crippen LogP contribution in [0, 0.1) is 10.1 Å². The average molecular weight is 494 g/mol. The zero-order valence-electron chi connectivity index (χ0n) is 16.3. The van der Waals surface area contributed by atoms with Gasteiger partial charge in [-0.15, -0.1) is 0 Å². The Balaban J connectivity index is 1.85. The molecule has 0 atom stereocenters. The molecule has 1 aliphatic rings. The van der Waals surface area contributed by atoms with E-state index in [0.717, 1.165) is 4.90 Å². The lowest BCUT2D eigenvalue weighted by Crippen LogP contribution is -2.30. The third-order valence-corrected chi connectivity index (χ3v) is 4.76. The maximum Gasteiger partial charge on any atom is 0.373 e. The molecule has 1 aliphatic heterocycles. The molecule has 3 amide bonds. The quantitative estimate of drug-likeness (QED) is 0.203. The molecule has 0 spiro atoms. The summed E-state index contributed by atoms with van der Waals surface area (Å²) in [6, 6.07) is 4.88. The van der Waals surface area contributed by atoms with Gasteiger partial charge < -0.3 is 19.2 Å². The second kappa shape index (κ2) is 9.00. The normalized spacial score (nSPS) is 14.7. The minimum atomic E-state index is -0.702. The SMILES string of the molecule is CCOc1c(Br)cc(/C=C2\NC(=O)N(Cc3ccc(C(=O)OC)o3)C2=O)cc1[N+](=O)[O-]. The molecule has 1 fully saturated rings. The first kappa shape index (κ1) is 22.0. The van der Waals surface area contributed by atoms with E-state index < -0.39 is 22.8 Å². The largest absolute Gasteiger partial charge is 0.486 e. The predicted molar refractivity (Wildman–Crippen MR) is 109 cm³/mol. The summed E-state index contributed by atoms with van der Waals surface area (Å²) >= 11 is 3.23. The van der Waals surface area contributed by atoms with Crippen LogP contribution in [0.2, 0.25) is 0 Å². The zero-order valence-corrected chi connectivity index (χ0v) is 17.9. The van der Waals surface area contributed by atoms with Crippen LogP contribution in [0.5, 0.6) is 5.75 Å². The smallest absolute Gasteiger partial charge is 0.373 e. The van der Waals surface area contributed by atoms with E-state index in [2.05, 4.69) is 26.0 Å². The van der Waals surface area contributed by atoms with Crippen molar-refractivity contribution in [3.63, 3.8) is 0 Å². The number of nitrogens with one attached hydrogen (secondary N) is 1. The predicted octanol–water partition coefficient (Wildman–Crippen LogP) is 3.23. The van der Waals surface area contributed by atoms with E-state index in [-0.39, 0.29) is 41.8 Å². The van der Waals surface area contributed by atoms with Crippen molar-refractivity contribution < 1.29 is 33.2 Å². The fourth-order valence-electron chi connectivity index (χ4n) is 2.82. The number of imide groups is 1. The number of hydrogen-bond acceptors (Lipinski definition) is 8. The minimum absolute atomic E-state index is 0.0631. The van der Waals surface area contributed by atoms with Crippen molar-refractivity contribution in [2.24, 2.45) is 0 Å². The first-order chi connectivity index (χ1) is 14.7. The molecule has 0 saturated carbocycles. The van der Waals surface area contributed by atoms with Crippen LogP contribution in [0.1, 0.15) is 28.8 Å². The van der Waals surface area contributed by atoms with Crippen molar-refractivity contribution in [1.82, 2.24) is 10.2 Å². The maximum absolute atomic E-state index is 12.7. The Morgan fingerprint density at radius 1 is 1.35 bits per heavy atom. The summed E-state index contributed by atoms with van der Waals surface area (Å²) in [5.41, 5.74) is -0.0590. The number of furan rings is 1. The number of carbonyl (C=O) groups is 3. The standard InChI is InChI=1S/C19H16BrN3O8/c1-3-30-16-12(20)6-10(8-14(16)23(27)28)7-13-17(24)22(19(26)21-13)9-11-4-5-15(31-11)18(25)29-2/h4-8H,3,9H2,1-2H3,(H,21,26)/b13-7-. The highest BCUT2D eigenvalue weighted by Crippen LogP contribution is 2.37. The van der Waals surface area contributed by atoms with E-state index in [1.54, 1.807) is 6.92 Å². The summed E-state index contributed by atoms with van der Waals surface area (Å²) < 4.78 is 15.5. The number of esters is 1. The molecular weight excluding hydrogens is 478 g/mol. The van der Waals surface area contributed by atoms with E-state index in [1.807, 2.05) is 0 Å². The number of methoxy groups -OCH3 is 1. The van der Waals surface area contributed by atoms with Crippen molar-refractivity contribution in [1.29, 1.82) is 0 Å². The van der Waals surface area contributed by atoms with Gasteiger partial charge in [0.2, 0.25) is 11.5 Å². The van der Waals surface area contributed by atoms with Gasteiger partial charge >= 0.3 is 17.7 Å². The van der Waals surface area contributed by atoms with E-state index in [1.165, 1.54) is 37.5 Å². The molecule has 0 unspecified atom stereocenters. The number of carbonyl (C=O) groups excluding carboxylic acids is 3. The molecule has 12 heteroatoms. The number of nitro groups is 1. The number of ether oxygens (including phenoxy) is 2. The second-order valence-corrected chi connectivity index (χ2v) is 7.03. The molecule has 11 nitrogen and oxygen atoms in total. The molecule has 162 valence electrons. The van der Waals surface area contributed by atoms with Crippen LogP contribution in [0.4, 0.5) is 10.5 Å². The number of halogens is 1. The Bertz CT molecular complexity index is 1110. The number of nitro benzene ring substituents is 1. The van der Waals surface area contributed by atoms with Gasteiger partial charge in [-0.05, 0) is 52.7 Å². The van der Waals surface area contributed by atoms with Crippen LogP contribution < -0.4 is 10.1 Å². The highest BCUT2D eigenvalue weighted by Gasteiger charge is 2.34. The number of benzene rings is 1. The van der Waals surface area contributed by atoms with Gasteiger partial charge in [-0.2, -0.15) is 0 Å². The lowest BCUT2D eigenvalue weighted by molar-refractivity contribution is -0.385. The topological polar surface area (TPSA) is 141 Å². The summed E-state index contributed by atoms with van der Waals surface area (Å²) in [5, 5.41) is 13.8. The van der Waals surface area contributed by atoms with E-state index in [4.69, 9.17) is 9.15 Å². The number of nitrogens with zero attached hydrogens (tertiary/aromatic N) is 2. The van der Waals surface area contributed by atoms with Gasteiger partial charge in [-0.3, -0.25) is 19.8 Å². The Kier molecular flexibility index (Phi) is 6.39. The monoisotopic (exact) mass is 493 g/mol. The first-order valence-corrected chi connectivity index (χ1v) is 9.66. The fourth-order valence-corrected chi connectivity index (χ4v) is 3.40. The fraction of sp³-hybridized carbons (Fsp3) is 0.211. The van der Waals surface area contributed by atoms with Crippen LogP contribution >= 0.6 is 15.9 Å². The highest BCUT2D eigenvalue weighted by atomic mass is 79.9. The zero-order chi connectivity index (χ0) is 22.7. The molecule has 0 bridgehead atoms. The summed E-state index contributed by atoms with van der Waals surface area (Å²) in [7, 11) is 1.20. The van der Waals surface area contributed by atoms with E-state index in [0.29, 0.717) is 10.0 Å². The van der Waals surface area contributed by atoms with Gasteiger partial charge in [0.05, 0.1) is 29.7 Å².